The molecule has 0 bridgehead atoms. The van der Waals surface area contributed by atoms with E-state index in [9.17, 15) is 9.59 Å². The van der Waals surface area contributed by atoms with Crippen molar-refractivity contribution < 1.29 is 14.3 Å². The van der Waals surface area contributed by atoms with Gasteiger partial charge in [0, 0.05) is 17.3 Å². The minimum absolute atomic E-state index is 0.0736. The molecule has 7 heteroatoms. The highest BCUT2D eigenvalue weighted by Gasteiger charge is 2.44. The number of aryl methyl sites for hydroxylation is 1. The maximum atomic E-state index is 13.2. The lowest BCUT2D eigenvalue weighted by Gasteiger charge is -2.27. The van der Waals surface area contributed by atoms with Crippen molar-refractivity contribution in [3.63, 3.8) is 0 Å². The minimum atomic E-state index is -0.629. The SMILES string of the molecule is CC(=O)N(c1cccc(C)c1)c1nc(COC(=O)C2(c3ccc(Cl)cc3)CCCC2)cs1. The standard InChI is InChI=1S/C25H25ClN2O3S/c1-17-6-5-7-22(14-17)28(18(2)29)24-27-21(16-32-24)15-31-23(30)25(12-3-4-13-25)19-8-10-20(26)11-9-19/h5-11,14,16H,3-4,12-13,15H2,1-2H3. The molecule has 1 saturated carbocycles. The Morgan fingerprint density at radius 3 is 2.53 bits per heavy atom. The van der Waals surface area contributed by atoms with Crippen molar-refractivity contribution in [2.75, 3.05) is 4.90 Å². The zero-order chi connectivity index (χ0) is 22.7. The van der Waals surface area contributed by atoms with Crippen LogP contribution in [0.15, 0.2) is 53.9 Å². The number of hydrogen-bond acceptors (Lipinski definition) is 5. The normalized spacial score (nSPS) is 14.8. The summed E-state index contributed by atoms with van der Waals surface area (Å²) in [5.41, 5.74) is 2.77. The van der Waals surface area contributed by atoms with E-state index in [2.05, 4.69) is 4.98 Å². The second kappa shape index (κ2) is 9.43. The van der Waals surface area contributed by atoms with Crippen LogP contribution in [0.5, 0.6) is 0 Å². The average molecular weight is 469 g/mol. The molecule has 4 rings (SSSR count). The summed E-state index contributed by atoms with van der Waals surface area (Å²) in [5, 5.41) is 3.04. The first-order chi connectivity index (χ1) is 15.4. The fourth-order valence-electron chi connectivity index (χ4n) is 4.30. The fraction of sp³-hybridized carbons (Fsp3) is 0.320. The third kappa shape index (κ3) is 4.57. The Morgan fingerprint density at radius 2 is 1.88 bits per heavy atom. The summed E-state index contributed by atoms with van der Waals surface area (Å²) in [6.07, 6.45) is 3.51. The zero-order valence-electron chi connectivity index (χ0n) is 18.1. The monoisotopic (exact) mass is 468 g/mol. The molecular formula is C25H25ClN2O3S. The van der Waals surface area contributed by atoms with Gasteiger partial charge in [-0.15, -0.1) is 11.3 Å². The van der Waals surface area contributed by atoms with E-state index in [1.165, 1.54) is 18.3 Å². The maximum Gasteiger partial charge on any atom is 0.316 e. The van der Waals surface area contributed by atoms with Crippen LogP contribution in [0.25, 0.3) is 0 Å². The smallest absolute Gasteiger partial charge is 0.316 e. The van der Waals surface area contributed by atoms with E-state index in [0.717, 1.165) is 42.5 Å². The van der Waals surface area contributed by atoms with Crippen LogP contribution in [0.2, 0.25) is 5.02 Å². The molecule has 0 spiro atoms. The van der Waals surface area contributed by atoms with Crippen LogP contribution < -0.4 is 4.90 Å². The van der Waals surface area contributed by atoms with Gasteiger partial charge >= 0.3 is 5.97 Å². The summed E-state index contributed by atoms with van der Waals surface area (Å²) in [6.45, 7) is 3.57. The highest BCUT2D eigenvalue weighted by atomic mass is 35.5. The third-order valence-corrected chi connectivity index (χ3v) is 7.03. The van der Waals surface area contributed by atoms with E-state index in [0.29, 0.717) is 15.8 Å². The first-order valence-corrected chi connectivity index (χ1v) is 11.9. The predicted molar refractivity (Wildman–Crippen MR) is 128 cm³/mol. The number of anilines is 2. The van der Waals surface area contributed by atoms with Crippen molar-refractivity contribution in [3.8, 4) is 0 Å². The van der Waals surface area contributed by atoms with Crippen LogP contribution in [0.1, 0.15) is 49.4 Å². The molecule has 2 aromatic carbocycles. The number of benzene rings is 2. The quantitative estimate of drug-likeness (QED) is 0.396. The number of carbonyl (C=O) groups excluding carboxylic acids is 2. The molecule has 166 valence electrons. The fourth-order valence-corrected chi connectivity index (χ4v) is 5.29. The number of amides is 1. The molecule has 3 aromatic rings. The van der Waals surface area contributed by atoms with Gasteiger partial charge in [-0.05, 0) is 55.2 Å². The minimum Gasteiger partial charge on any atom is -0.458 e. The van der Waals surface area contributed by atoms with Gasteiger partial charge in [0.05, 0.1) is 16.8 Å². The summed E-state index contributed by atoms with van der Waals surface area (Å²) in [5.74, 6) is -0.352. The Morgan fingerprint density at radius 1 is 1.16 bits per heavy atom. The molecule has 1 aliphatic rings. The number of thiazole rings is 1. The van der Waals surface area contributed by atoms with Crippen LogP contribution in [-0.4, -0.2) is 16.9 Å². The molecule has 1 aromatic heterocycles. The lowest BCUT2D eigenvalue weighted by Crippen LogP contribution is -2.34. The van der Waals surface area contributed by atoms with Gasteiger partial charge in [0.15, 0.2) is 5.13 Å². The van der Waals surface area contributed by atoms with Gasteiger partial charge in [-0.2, -0.15) is 0 Å². The summed E-state index contributed by atoms with van der Waals surface area (Å²) >= 11 is 7.39. The van der Waals surface area contributed by atoms with Crippen LogP contribution in [0.4, 0.5) is 10.8 Å². The Labute approximate surface area is 197 Å². The summed E-state index contributed by atoms with van der Waals surface area (Å²) in [6, 6.07) is 15.2. The molecule has 32 heavy (non-hydrogen) atoms. The average Bonchev–Trinajstić information content (AvgIpc) is 3.43. The van der Waals surface area contributed by atoms with E-state index in [-0.39, 0.29) is 18.5 Å². The van der Waals surface area contributed by atoms with Gasteiger partial charge in [-0.1, -0.05) is 48.7 Å². The molecule has 1 heterocycles. The van der Waals surface area contributed by atoms with Gasteiger partial charge in [0.25, 0.3) is 0 Å². The number of ether oxygens (including phenoxy) is 1. The Kier molecular flexibility index (Phi) is 6.63. The third-order valence-electron chi connectivity index (χ3n) is 5.90. The second-order valence-corrected chi connectivity index (χ2v) is 9.46. The van der Waals surface area contributed by atoms with E-state index >= 15 is 0 Å². The molecule has 0 saturated heterocycles. The maximum absolute atomic E-state index is 13.2. The zero-order valence-corrected chi connectivity index (χ0v) is 19.7. The molecule has 0 atom stereocenters. The van der Waals surface area contributed by atoms with Crippen LogP contribution in [0.3, 0.4) is 0 Å². The number of hydrogen-bond donors (Lipinski definition) is 0. The van der Waals surface area contributed by atoms with Crippen LogP contribution in [0, 0.1) is 6.92 Å². The molecule has 1 amide bonds. The van der Waals surface area contributed by atoms with Crippen molar-refractivity contribution in [1.82, 2.24) is 4.98 Å². The van der Waals surface area contributed by atoms with Crippen molar-refractivity contribution >= 4 is 45.6 Å². The van der Waals surface area contributed by atoms with E-state index in [1.54, 1.807) is 4.90 Å². The molecule has 0 N–H and O–H groups in total. The number of nitrogens with zero attached hydrogens (tertiary/aromatic N) is 2. The van der Waals surface area contributed by atoms with Crippen LogP contribution in [-0.2, 0) is 26.3 Å². The van der Waals surface area contributed by atoms with Crippen molar-refractivity contribution in [1.29, 1.82) is 0 Å². The summed E-state index contributed by atoms with van der Waals surface area (Å²) in [7, 11) is 0. The van der Waals surface area contributed by atoms with Crippen molar-refractivity contribution in [2.24, 2.45) is 0 Å². The Hall–Kier alpha value is -2.70. The van der Waals surface area contributed by atoms with Gasteiger partial charge in [0.1, 0.15) is 6.61 Å². The highest BCUT2D eigenvalue weighted by Crippen LogP contribution is 2.42. The summed E-state index contributed by atoms with van der Waals surface area (Å²) < 4.78 is 5.75. The lowest BCUT2D eigenvalue weighted by molar-refractivity contribution is -0.152. The van der Waals surface area contributed by atoms with Crippen molar-refractivity contribution in [3.05, 3.63) is 75.8 Å². The van der Waals surface area contributed by atoms with Gasteiger partial charge in [0.2, 0.25) is 5.91 Å². The van der Waals surface area contributed by atoms with E-state index < -0.39 is 5.41 Å². The summed E-state index contributed by atoms with van der Waals surface area (Å²) in [4.78, 5) is 31.7. The first-order valence-electron chi connectivity index (χ1n) is 10.6. The van der Waals surface area contributed by atoms with E-state index in [4.69, 9.17) is 16.3 Å². The van der Waals surface area contributed by atoms with E-state index in [1.807, 2.05) is 60.8 Å². The highest BCUT2D eigenvalue weighted by molar-refractivity contribution is 7.14. The Bertz CT molecular complexity index is 1120. The topological polar surface area (TPSA) is 59.5 Å². The molecular weight excluding hydrogens is 444 g/mol. The van der Waals surface area contributed by atoms with Gasteiger partial charge in [-0.25, -0.2) is 4.98 Å². The molecule has 5 nitrogen and oxygen atoms in total. The molecule has 0 radical (unpaired) electrons. The lowest BCUT2D eigenvalue weighted by atomic mass is 9.79. The number of aromatic nitrogens is 1. The molecule has 0 unspecified atom stereocenters. The van der Waals surface area contributed by atoms with Crippen LogP contribution >= 0.6 is 22.9 Å². The van der Waals surface area contributed by atoms with Gasteiger partial charge in [-0.3, -0.25) is 14.5 Å². The second-order valence-electron chi connectivity index (χ2n) is 8.19. The number of carbonyl (C=O) groups is 2. The predicted octanol–water partition coefficient (Wildman–Crippen LogP) is 6.34. The largest absolute Gasteiger partial charge is 0.458 e. The van der Waals surface area contributed by atoms with Crippen molar-refractivity contribution in [2.45, 2.75) is 51.6 Å². The molecule has 0 aliphatic heterocycles. The van der Waals surface area contributed by atoms with Gasteiger partial charge < -0.3 is 4.74 Å². The number of esters is 1. The number of halogens is 1. The number of rotatable bonds is 6. The molecule has 1 fully saturated rings. The molecule has 1 aliphatic carbocycles. The Balaban J connectivity index is 1.50. The first kappa shape index (κ1) is 22.5.